The molecule has 0 aliphatic rings. The first kappa shape index (κ1) is 49.4. The van der Waals surface area contributed by atoms with Crippen LogP contribution in [0.3, 0.4) is 0 Å². The highest BCUT2D eigenvalue weighted by molar-refractivity contribution is 7.20. The standard InChI is InChI=1S/C24BF20.C13H10Cl3N2O/c26-5-1(6(27)14(35)21(42)13(5)34)25(2-7(28)15(36)22(43)16(37)8(2)29,3-9(30)17(38)23(44)18(39)10(3)31)4-11(32)19(40)24(45)20(41)12(4)33;14-13(15,16)12-8-17-6-7-18(12)9-11(19)10-4-2-1-3-5-10/h;1-8H,9H2/q-1;+1. The number of benzene rings is 5. The zero-order valence-electron chi connectivity index (χ0n) is 29.9. The molecule has 1 aromatic heterocycles. The Morgan fingerprint density at radius 2 is 0.719 bits per heavy atom. The van der Waals surface area contributed by atoms with Crippen LogP contribution in [0.2, 0.25) is 0 Å². The van der Waals surface area contributed by atoms with E-state index in [1.807, 2.05) is 6.07 Å². The van der Waals surface area contributed by atoms with Gasteiger partial charge in [0.25, 0.3) is 9.49 Å². The van der Waals surface area contributed by atoms with Gasteiger partial charge in [0, 0.05) is 5.56 Å². The second-order valence-corrected chi connectivity index (χ2v) is 15.0. The third-order valence-electron chi connectivity index (χ3n) is 9.25. The van der Waals surface area contributed by atoms with Crippen LogP contribution in [0.15, 0.2) is 48.9 Å². The average molecular weight is 996 g/mol. The van der Waals surface area contributed by atoms with E-state index in [1.165, 1.54) is 12.4 Å². The van der Waals surface area contributed by atoms with Crippen LogP contribution in [-0.2, 0) is 10.3 Å². The number of hydrogen-bond acceptors (Lipinski definition) is 2. The van der Waals surface area contributed by atoms with Gasteiger partial charge in [-0.3, -0.25) is 9.78 Å². The molecule has 0 bridgehead atoms. The molecule has 0 amide bonds. The molecule has 338 valence electrons. The third kappa shape index (κ3) is 7.96. The first-order chi connectivity index (χ1) is 29.7. The van der Waals surface area contributed by atoms with Gasteiger partial charge in [0.05, 0.1) is 12.4 Å². The molecule has 27 heteroatoms. The molecular formula is C37H10BCl3F20N2O. The maximum atomic E-state index is 15.4. The monoisotopic (exact) mass is 994 g/mol. The summed E-state index contributed by atoms with van der Waals surface area (Å²) in [5.41, 5.74) is -13.4. The molecule has 0 spiro atoms. The summed E-state index contributed by atoms with van der Waals surface area (Å²) < 4.78 is 294. The Morgan fingerprint density at radius 3 is 0.984 bits per heavy atom. The van der Waals surface area contributed by atoms with Gasteiger partial charge in [0.1, 0.15) is 52.7 Å². The molecule has 3 nitrogen and oxygen atoms in total. The van der Waals surface area contributed by atoms with Crippen LogP contribution in [-0.4, -0.2) is 16.9 Å². The van der Waals surface area contributed by atoms with Crippen molar-refractivity contribution < 1.29 is 97.2 Å². The summed E-state index contributed by atoms with van der Waals surface area (Å²) in [6.07, 6.45) is -2.63. The van der Waals surface area contributed by atoms with Crippen LogP contribution in [0.25, 0.3) is 0 Å². The van der Waals surface area contributed by atoms with Crippen molar-refractivity contribution in [1.82, 2.24) is 4.98 Å². The fourth-order valence-electron chi connectivity index (χ4n) is 6.51. The van der Waals surface area contributed by atoms with E-state index >= 15 is 35.1 Å². The molecule has 0 unspecified atom stereocenters. The lowest BCUT2D eigenvalue weighted by Gasteiger charge is -2.44. The molecule has 0 saturated carbocycles. The first-order valence-corrected chi connectivity index (χ1v) is 17.5. The molecule has 6 aromatic rings. The summed E-state index contributed by atoms with van der Waals surface area (Å²) in [5, 5.41) is 0. The number of carbonyl (C=O) groups is 1. The van der Waals surface area contributed by atoms with Crippen molar-refractivity contribution in [3.05, 3.63) is 177 Å². The number of carbonyl (C=O) groups excluding carboxylic acids is 1. The Hall–Kier alpha value is -5.62. The number of halogens is 23. The Kier molecular flexibility index (Phi) is 14.0. The van der Waals surface area contributed by atoms with E-state index in [9.17, 15) is 57.5 Å². The Balaban J connectivity index is 0.000000337. The van der Waals surface area contributed by atoms with E-state index in [2.05, 4.69) is 4.98 Å². The Labute approximate surface area is 357 Å². The SMILES string of the molecule is Fc1c(F)c(F)c([B-](c2c(F)c(F)c(F)c(F)c2F)(c2c(F)c(F)c(F)c(F)c2F)c2c(F)c(F)c(F)c(F)c2F)c(F)c1F.O=C(C[n+]1ccncc1C(Cl)(Cl)Cl)c1ccccc1. The van der Waals surface area contributed by atoms with Gasteiger partial charge in [-0.1, -0.05) is 65.1 Å². The fraction of sp³-hybridized carbons (Fsp3) is 0.0541. The molecular weight excluding hydrogens is 986 g/mol. The highest BCUT2D eigenvalue weighted by Gasteiger charge is 2.52. The number of aromatic nitrogens is 2. The summed E-state index contributed by atoms with van der Waals surface area (Å²) in [7, 11) is 0. The molecule has 6 rings (SSSR count). The fourth-order valence-corrected chi connectivity index (χ4v) is 6.98. The molecule has 0 N–H and O–H groups in total. The van der Waals surface area contributed by atoms with Gasteiger partial charge in [-0.15, -0.1) is 21.9 Å². The van der Waals surface area contributed by atoms with Crippen LogP contribution in [0.4, 0.5) is 87.8 Å². The molecule has 0 aliphatic carbocycles. The number of ketones is 1. The second kappa shape index (κ2) is 18.1. The van der Waals surface area contributed by atoms with E-state index in [-0.39, 0.29) is 12.3 Å². The van der Waals surface area contributed by atoms with Gasteiger partial charge in [-0.2, -0.15) is 4.57 Å². The average Bonchev–Trinajstić information content (AvgIpc) is 3.26. The van der Waals surface area contributed by atoms with Crippen molar-refractivity contribution >= 4 is 68.6 Å². The molecule has 0 saturated heterocycles. The lowest BCUT2D eigenvalue weighted by Crippen LogP contribution is -2.81. The van der Waals surface area contributed by atoms with Crippen molar-refractivity contribution in [2.45, 2.75) is 10.3 Å². The van der Waals surface area contributed by atoms with Crippen molar-refractivity contribution in [2.75, 3.05) is 0 Å². The largest absolute Gasteiger partial charge is 0.287 e. The number of alkyl halides is 3. The number of rotatable bonds is 7. The van der Waals surface area contributed by atoms with Crippen LogP contribution < -0.4 is 26.4 Å². The minimum absolute atomic E-state index is 0.0627. The Bertz CT molecular complexity index is 2500. The van der Waals surface area contributed by atoms with Crippen molar-refractivity contribution in [3.8, 4) is 0 Å². The topological polar surface area (TPSA) is 33.8 Å². The molecule has 64 heavy (non-hydrogen) atoms. The molecule has 5 aromatic carbocycles. The third-order valence-corrected chi connectivity index (χ3v) is 9.83. The maximum absolute atomic E-state index is 15.4. The van der Waals surface area contributed by atoms with Crippen LogP contribution in [0.5, 0.6) is 0 Å². The van der Waals surface area contributed by atoms with Gasteiger partial charge in [-0.25, -0.2) is 87.8 Å². The minimum Gasteiger partial charge on any atom is -0.287 e. The summed E-state index contributed by atoms with van der Waals surface area (Å²) in [5.74, 6) is -71.5. The molecule has 0 radical (unpaired) electrons. The molecule has 0 aliphatic heterocycles. The summed E-state index contributed by atoms with van der Waals surface area (Å²) in [6.45, 7) is 0.0930. The van der Waals surface area contributed by atoms with Gasteiger partial charge >= 0.3 is 0 Å². The minimum atomic E-state index is -7.22. The number of hydrogen-bond donors (Lipinski definition) is 0. The van der Waals surface area contributed by atoms with E-state index in [4.69, 9.17) is 34.8 Å². The lowest BCUT2D eigenvalue weighted by molar-refractivity contribution is -0.691. The van der Waals surface area contributed by atoms with E-state index < -0.39 is 148 Å². The lowest BCUT2D eigenvalue weighted by atomic mass is 9.12. The zero-order valence-corrected chi connectivity index (χ0v) is 32.2. The van der Waals surface area contributed by atoms with Crippen molar-refractivity contribution in [2.24, 2.45) is 0 Å². The number of nitrogens with zero attached hydrogens (tertiary/aromatic N) is 2. The number of Topliss-reactive ketones (excluding diaryl/α,β-unsaturated/α-hetero) is 1. The smallest absolute Gasteiger partial charge is 0.276 e. The quantitative estimate of drug-likeness (QED) is 0.0305. The Morgan fingerprint density at radius 1 is 0.453 bits per heavy atom. The van der Waals surface area contributed by atoms with Crippen molar-refractivity contribution in [3.63, 3.8) is 0 Å². The second-order valence-electron chi connectivity index (χ2n) is 12.7. The summed E-state index contributed by atoms with van der Waals surface area (Å²) in [6, 6.07) is 8.96. The van der Waals surface area contributed by atoms with Crippen LogP contribution >= 0.6 is 34.8 Å². The van der Waals surface area contributed by atoms with Crippen LogP contribution in [0, 0.1) is 116 Å². The van der Waals surface area contributed by atoms with Gasteiger partial charge in [-0.05, 0) is 0 Å². The zero-order chi connectivity index (χ0) is 48.2. The van der Waals surface area contributed by atoms with E-state index in [0.29, 0.717) is 11.3 Å². The van der Waals surface area contributed by atoms with Crippen molar-refractivity contribution in [1.29, 1.82) is 0 Å². The highest BCUT2D eigenvalue weighted by atomic mass is 35.6. The predicted molar refractivity (Wildman–Crippen MR) is 184 cm³/mol. The first-order valence-electron chi connectivity index (χ1n) is 16.4. The molecule has 0 fully saturated rings. The van der Waals surface area contributed by atoms with E-state index in [1.54, 1.807) is 35.0 Å². The maximum Gasteiger partial charge on any atom is 0.276 e. The van der Waals surface area contributed by atoms with Gasteiger partial charge in [0.2, 0.25) is 12.3 Å². The molecule has 1 heterocycles. The van der Waals surface area contributed by atoms with E-state index in [0.717, 1.165) is 0 Å². The van der Waals surface area contributed by atoms with Gasteiger partial charge in [0.15, 0.2) is 76.0 Å². The summed E-state index contributed by atoms with van der Waals surface area (Å²) >= 11 is 17.6. The highest BCUT2D eigenvalue weighted by Crippen LogP contribution is 2.36. The summed E-state index contributed by atoms with van der Waals surface area (Å²) in [4.78, 5) is 16.0. The molecule has 0 atom stereocenters. The normalized spacial score (nSPS) is 11.8. The predicted octanol–water partition coefficient (Wildman–Crippen LogP) is 8.92. The van der Waals surface area contributed by atoms with Crippen LogP contribution in [0.1, 0.15) is 16.1 Å². The van der Waals surface area contributed by atoms with Gasteiger partial charge < -0.3 is 0 Å².